The summed E-state index contributed by atoms with van der Waals surface area (Å²) in [6.45, 7) is 0. The van der Waals surface area contributed by atoms with E-state index in [1.54, 1.807) is 26.0 Å². The molecule has 152 valence electrons. The number of aliphatic imine (C=N–C) groups is 2. The van der Waals surface area contributed by atoms with Gasteiger partial charge in [-0.2, -0.15) is 0 Å². The normalized spacial score (nSPS) is 12.9. The standard InChI is InChI=1S/C24H22N2O3S/c1-27-17-9-7-16(8-10-17)22-15-24(30-3)26-21-12-11-20(14-23(21)25-22)29-19-6-4-5-18(13-19)28-2/h4-14H,15H2,1-3H3. The zero-order chi connectivity index (χ0) is 20.9. The first-order chi connectivity index (χ1) is 14.7. The van der Waals surface area contributed by atoms with Crippen molar-refractivity contribution in [3.8, 4) is 23.0 Å². The van der Waals surface area contributed by atoms with Crippen molar-refractivity contribution in [2.45, 2.75) is 6.42 Å². The lowest BCUT2D eigenvalue weighted by atomic mass is 10.1. The lowest BCUT2D eigenvalue weighted by Gasteiger charge is -2.09. The summed E-state index contributed by atoms with van der Waals surface area (Å²) < 4.78 is 16.6. The van der Waals surface area contributed by atoms with E-state index in [0.29, 0.717) is 17.9 Å². The highest BCUT2D eigenvalue weighted by atomic mass is 32.2. The first-order valence-corrected chi connectivity index (χ1v) is 10.7. The van der Waals surface area contributed by atoms with Gasteiger partial charge in [-0.1, -0.05) is 6.07 Å². The van der Waals surface area contributed by atoms with Gasteiger partial charge in [-0.25, -0.2) is 9.98 Å². The largest absolute Gasteiger partial charge is 0.497 e. The van der Waals surface area contributed by atoms with Crippen LogP contribution < -0.4 is 14.2 Å². The SMILES string of the molecule is COc1ccc(C2=Nc3cc(Oc4cccc(OC)c4)ccc3N=C(SC)C2)cc1. The molecule has 0 atom stereocenters. The van der Waals surface area contributed by atoms with Crippen LogP contribution in [-0.4, -0.2) is 31.2 Å². The summed E-state index contributed by atoms with van der Waals surface area (Å²) in [5.74, 6) is 2.97. The molecule has 0 unspecified atom stereocenters. The summed E-state index contributed by atoms with van der Waals surface area (Å²) in [5, 5.41) is 1.02. The maximum absolute atomic E-state index is 6.03. The number of fused-ring (bicyclic) bond motifs is 1. The Morgan fingerprint density at radius 1 is 0.733 bits per heavy atom. The van der Waals surface area contributed by atoms with Crippen molar-refractivity contribution in [1.29, 1.82) is 0 Å². The smallest absolute Gasteiger partial charge is 0.131 e. The third-order valence-electron chi connectivity index (χ3n) is 4.70. The molecule has 0 aromatic heterocycles. The van der Waals surface area contributed by atoms with E-state index < -0.39 is 0 Å². The third-order valence-corrected chi connectivity index (χ3v) is 5.41. The molecule has 0 saturated heterocycles. The Morgan fingerprint density at radius 2 is 1.43 bits per heavy atom. The van der Waals surface area contributed by atoms with E-state index in [1.807, 2.05) is 73.0 Å². The van der Waals surface area contributed by atoms with E-state index in [2.05, 4.69) is 0 Å². The fourth-order valence-corrected chi connectivity index (χ4v) is 3.59. The van der Waals surface area contributed by atoms with Gasteiger partial charge in [-0.15, -0.1) is 11.8 Å². The zero-order valence-corrected chi connectivity index (χ0v) is 17.9. The third kappa shape index (κ3) is 4.49. The molecule has 1 aliphatic heterocycles. The fraction of sp³-hybridized carbons (Fsp3) is 0.167. The van der Waals surface area contributed by atoms with E-state index in [9.17, 15) is 0 Å². The predicted molar refractivity (Wildman–Crippen MR) is 124 cm³/mol. The molecule has 0 spiro atoms. The summed E-state index contributed by atoms with van der Waals surface area (Å²) in [7, 11) is 3.30. The number of benzene rings is 3. The Bertz CT molecular complexity index is 1110. The molecule has 1 aliphatic rings. The van der Waals surface area contributed by atoms with Gasteiger partial charge in [0.2, 0.25) is 0 Å². The van der Waals surface area contributed by atoms with Crippen LogP contribution in [0.1, 0.15) is 12.0 Å². The van der Waals surface area contributed by atoms with Crippen LogP contribution in [0.5, 0.6) is 23.0 Å². The summed E-state index contributed by atoms with van der Waals surface area (Å²) in [6, 6.07) is 21.2. The quantitative estimate of drug-likeness (QED) is 0.480. The summed E-state index contributed by atoms with van der Waals surface area (Å²) in [6.07, 6.45) is 2.71. The predicted octanol–water partition coefficient (Wildman–Crippen LogP) is 6.41. The van der Waals surface area contributed by atoms with Gasteiger partial charge >= 0.3 is 0 Å². The van der Waals surface area contributed by atoms with E-state index >= 15 is 0 Å². The Morgan fingerprint density at radius 3 is 2.17 bits per heavy atom. The van der Waals surface area contributed by atoms with Gasteiger partial charge in [0, 0.05) is 18.6 Å². The van der Waals surface area contributed by atoms with Crippen LogP contribution in [0.15, 0.2) is 76.7 Å². The average molecular weight is 419 g/mol. The summed E-state index contributed by atoms with van der Waals surface area (Å²) in [5.41, 5.74) is 3.62. The van der Waals surface area contributed by atoms with Crippen LogP contribution in [0.25, 0.3) is 0 Å². The van der Waals surface area contributed by atoms with Crippen LogP contribution in [0.3, 0.4) is 0 Å². The lowest BCUT2D eigenvalue weighted by Crippen LogP contribution is -2.05. The van der Waals surface area contributed by atoms with Crippen molar-refractivity contribution in [3.05, 3.63) is 72.3 Å². The van der Waals surface area contributed by atoms with Crippen molar-refractivity contribution in [1.82, 2.24) is 0 Å². The average Bonchev–Trinajstić information content (AvgIpc) is 2.98. The highest BCUT2D eigenvalue weighted by Gasteiger charge is 2.16. The van der Waals surface area contributed by atoms with Crippen LogP contribution in [0.4, 0.5) is 11.4 Å². The molecule has 30 heavy (non-hydrogen) atoms. The highest BCUT2D eigenvalue weighted by molar-refractivity contribution is 8.13. The molecule has 0 fully saturated rings. The molecule has 4 rings (SSSR count). The monoisotopic (exact) mass is 418 g/mol. The number of hydrogen-bond acceptors (Lipinski definition) is 6. The minimum Gasteiger partial charge on any atom is -0.497 e. The molecule has 0 N–H and O–H groups in total. The van der Waals surface area contributed by atoms with Crippen LogP contribution in [0.2, 0.25) is 0 Å². The molecule has 6 heteroatoms. The van der Waals surface area contributed by atoms with E-state index in [-0.39, 0.29) is 0 Å². The maximum Gasteiger partial charge on any atom is 0.131 e. The van der Waals surface area contributed by atoms with E-state index in [0.717, 1.165) is 39.2 Å². The molecule has 5 nitrogen and oxygen atoms in total. The Labute approximate surface area is 180 Å². The Balaban J connectivity index is 1.70. The molecule has 3 aromatic carbocycles. The first kappa shape index (κ1) is 20.0. The first-order valence-electron chi connectivity index (χ1n) is 9.48. The second kappa shape index (κ2) is 9.05. The molecule has 0 bridgehead atoms. The zero-order valence-electron chi connectivity index (χ0n) is 17.1. The number of rotatable bonds is 5. The van der Waals surface area contributed by atoms with Crippen molar-refractivity contribution < 1.29 is 14.2 Å². The second-order valence-corrected chi connectivity index (χ2v) is 7.48. The molecular weight excluding hydrogens is 396 g/mol. The van der Waals surface area contributed by atoms with Crippen molar-refractivity contribution in [3.63, 3.8) is 0 Å². The fourth-order valence-electron chi connectivity index (χ4n) is 3.12. The number of methoxy groups -OCH3 is 2. The van der Waals surface area contributed by atoms with E-state index in [4.69, 9.17) is 24.2 Å². The molecule has 0 saturated carbocycles. The van der Waals surface area contributed by atoms with Gasteiger partial charge < -0.3 is 14.2 Å². The summed E-state index contributed by atoms with van der Waals surface area (Å²) >= 11 is 1.64. The highest BCUT2D eigenvalue weighted by Crippen LogP contribution is 2.38. The van der Waals surface area contributed by atoms with Crippen molar-refractivity contribution in [2.24, 2.45) is 9.98 Å². The minimum absolute atomic E-state index is 0.675. The number of ether oxygens (including phenoxy) is 3. The summed E-state index contributed by atoms with van der Waals surface area (Å²) in [4.78, 5) is 9.75. The van der Waals surface area contributed by atoms with Gasteiger partial charge in [0.1, 0.15) is 23.0 Å². The number of thioether (sulfide) groups is 1. The van der Waals surface area contributed by atoms with Gasteiger partial charge in [0.15, 0.2) is 0 Å². The Kier molecular flexibility index (Phi) is 6.05. The second-order valence-electron chi connectivity index (χ2n) is 6.61. The molecular formula is C24H22N2O3S. The van der Waals surface area contributed by atoms with Gasteiger partial charge in [0.25, 0.3) is 0 Å². The van der Waals surface area contributed by atoms with Crippen molar-refractivity contribution in [2.75, 3.05) is 20.5 Å². The van der Waals surface area contributed by atoms with Crippen LogP contribution in [0, 0.1) is 0 Å². The van der Waals surface area contributed by atoms with Gasteiger partial charge in [-0.05, 0) is 60.4 Å². The lowest BCUT2D eigenvalue weighted by molar-refractivity contribution is 0.409. The number of nitrogens with zero attached hydrogens (tertiary/aromatic N) is 2. The topological polar surface area (TPSA) is 52.4 Å². The van der Waals surface area contributed by atoms with Gasteiger partial charge in [-0.3, -0.25) is 0 Å². The maximum atomic E-state index is 6.03. The number of hydrogen-bond donors (Lipinski definition) is 0. The van der Waals surface area contributed by atoms with Crippen LogP contribution >= 0.6 is 11.8 Å². The minimum atomic E-state index is 0.675. The van der Waals surface area contributed by atoms with Crippen LogP contribution in [-0.2, 0) is 0 Å². The molecule has 3 aromatic rings. The molecule has 0 aliphatic carbocycles. The molecule has 0 amide bonds. The molecule has 0 radical (unpaired) electrons. The van der Waals surface area contributed by atoms with Crippen molar-refractivity contribution >= 4 is 33.9 Å². The van der Waals surface area contributed by atoms with E-state index in [1.165, 1.54) is 0 Å². The van der Waals surface area contributed by atoms with Gasteiger partial charge in [0.05, 0.1) is 36.3 Å². The molecule has 1 heterocycles. The Hall–Kier alpha value is -3.25.